The quantitative estimate of drug-likeness (QED) is 0.264. The Morgan fingerprint density at radius 3 is 2.39 bits per heavy atom. The summed E-state index contributed by atoms with van der Waals surface area (Å²) in [4.78, 5) is 12.0. The number of furan rings is 1. The van der Waals surface area contributed by atoms with Gasteiger partial charge in [-0.1, -0.05) is 49.4 Å². The predicted molar refractivity (Wildman–Crippen MR) is 131 cm³/mol. The van der Waals surface area contributed by atoms with E-state index >= 15 is 0 Å². The SMILES string of the molecule is CCC(C)(C)C(=O)OCCCC(O)C(O)CCCc1ccc2cc(-c3ccccc3)oc2c1. The molecule has 1 heterocycles. The summed E-state index contributed by atoms with van der Waals surface area (Å²) in [5, 5.41) is 21.6. The van der Waals surface area contributed by atoms with Gasteiger partial charge in [0.25, 0.3) is 0 Å². The fourth-order valence-electron chi connectivity index (χ4n) is 3.67. The first-order chi connectivity index (χ1) is 15.8. The van der Waals surface area contributed by atoms with Gasteiger partial charge >= 0.3 is 5.97 Å². The fourth-order valence-corrected chi connectivity index (χ4v) is 3.67. The van der Waals surface area contributed by atoms with Crippen molar-refractivity contribution in [1.29, 1.82) is 0 Å². The third-order valence-electron chi connectivity index (χ3n) is 6.37. The largest absolute Gasteiger partial charge is 0.465 e. The lowest BCUT2D eigenvalue weighted by Gasteiger charge is -2.21. The molecule has 0 amide bonds. The van der Waals surface area contributed by atoms with Crippen molar-refractivity contribution in [2.45, 2.75) is 71.5 Å². The number of ether oxygens (including phenoxy) is 1. The van der Waals surface area contributed by atoms with Crippen molar-refractivity contribution in [1.82, 2.24) is 0 Å². The highest BCUT2D eigenvalue weighted by atomic mass is 16.5. The maximum absolute atomic E-state index is 12.0. The second kappa shape index (κ2) is 11.5. The molecule has 178 valence electrons. The molecule has 2 N–H and O–H groups in total. The van der Waals surface area contributed by atoms with Crippen LogP contribution in [0.5, 0.6) is 0 Å². The van der Waals surface area contributed by atoms with Gasteiger partial charge in [-0.25, -0.2) is 0 Å². The number of aliphatic hydroxyl groups excluding tert-OH is 2. The number of aliphatic hydroxyl groups is 2. The van der Waals surface area contributed by atoms with E-state index in [2.05, 4.69) is 24.3 Å². The first kappa shape index (κ1) is 25.0. The Morgan fingerprint density at radius 1 is 1.00 bits per heavy atom. The van der Waals surface area contributed by atoms with Gasteiger partial charge in [-0.2, -0.15) is 0 Å². The van der Waals surface area contributed by atoms with E-state index in [1.165, 1.54) is 0 Å². The molecular formula is C28H36O5. The van der Waals surface area contributed by atoms with Crippen LogP contribution in [-0.2, 0) is 16.0 Å². The summed E-state index contributed by atoms with van der Waals surface area (Å²) >= 11 is 0. The maximum atomic E-state index is 12.0. The summed E-state index contributed by atoms with van der Waals surface area (Å²) in [5.74, 6) is 0.634. The van der Waals surface area contributed by atoms with Crippen molar-refractivity contribution in [3.63, 3.8) is 0 Å². The molecule has 5 nitrogen and oxygen atoms in total. The smallest absolute Gasteiger partial charge is 0.311 e. The third-order valence-corrected chi connectivity index (χ3v) is 6.37. The topological polar surface area (TPSA) is 79.9 Å². The summed E-state index contributed by atoms with van der Waals surface area (Å²) < 4.78 is 11.3. The summed E-state index contributed by atoms with van der Waals surface area (Å²) in [6, 6.07) is 18.3. The minimum absolute atomic E-state index is 0.218. The van der Waals surface area contributed by atoms with E-state index < -0.39 is 17.6 Å². The van der Waals surface area contributed by atoms with Gasteiger partial charge in [-0.05, 0) is 70.1 Å². The molecule has 3 aromatic rings. The molecule has 33 heavy (non-hydrogen) atoms. The van der Waals surface area contributed by atoms with Crippen LogP contribution in [-0.4, -0.2) is 35.0 Å². The molecule has 2 atom stereocenters. The molecule has 0 aliphatic heterocycles. The van der Waals surface area contributed by atoms with Crippen LogP contribution in [0.4, 0.5) is 0 Å². The Hall–Kier alpha value is -2.63. The van der Waals surface area contributed by atoms with E-state index in [4.69, 9.17) is 9.15 Å². The number of aryl methyl sites for hydroxylation is 1. The second-order valence-corrected chi connectivity index (χ2v) is 9.39. The van der Waals surface area contributed by atoms with E-state index in [0.717, 1.165) is 40.7 Å². The van der Waals surface area contributed by atoms with Crippen molar-refractivity contribution in [3.05, 3.63) is 60.2 Å². The van der Waals surface area contributed by atoms with Gasteiger partial charge in [0.2, 0.25) is 0 Å². The van der Waals surface area contributed by atoms with E-state index in [1.807, 2.05) is 51.1 Å². The first-order valence-electron chi connectivity index (χ1n) is 11.9. The Kier molecular flexibility index (Phi) is 8.70. The van der Waals surface area contributed by atoms with Crippen molar-refractivity contribution >= 4 is 16.9 Å². The molecule has 0 bridgehead atoms. The molecule has 0 saturated heterocycles. The van der Waals surface area contributed by atoms with Crippen LogP contribution < -0.4 is 0 Å². The number of benzene rings is 2. The van der Waals surface area contributed by atoms with Crippen LogP contribution in [0, 0.1) is 5.41 Å². The van der Waals surface area contributed by atoms with Gasteiger partial charge in [-0.15, -0.1) is 0 Å². The molecule has 1 aromatic heterocycles. The lowest BCUT2D eigenvalue weighted by molar-refractivity contribution is -0.154. The van der Waals surface area contributed by atoms with Crippen LogP contribution in [0.25, 0.3) is 22.3 Å². The lowest BCUT2D eigenvalue weighted by atomic mass is 9.91. The standard InChI is InChI=1S/C28H36O5/c1-4-28(2,3)27(31)32-17-9-14-24(30)23(29)13-8-10-20-15-16-22-19-26(33-25(22)18-20)21-11-6-5-7-12-21/h5-7,11-12,15-16,18-19,23-24,29-30H,4,8-10,13-14,17H2,1-3H3. The number of hydrogen-bond donors (Lipinski definition) is 2. The van der Waals surface area contributed by atoms with Gasteiger partial charge in [-0.3, -0.25) is 4.79 Å². The van der Waals surface area contributed by atoms with Crippen molar-refractivity contribution < 1.29 is 24.2 Å². The number of hydrogen-bond acceptors (Lipinski definition) is 5. The number of fused-ring (bicyclic) bond motifs is 1. The molecule has 5 heteroatoms. The average molecular weight is 453 g/mol. The average Bonchev–Trinajstić information content (AvgIpc) is 3.25. The van der Waals surface area contributed by atoms with Crippen LogP contribution in [0.15, 0.2) is 59.0 Å². The fraction of sp³-hybridized carbons (Fsp3) is 0.464. The van der Waals surface area contributed by atoms with Gasteiger partial charge in [0.1, 0.15) is 11.3 Å². The third kappa shape index (κ3) is 6.92. The Balaban J connectivity index is 1.41. The molecule has 0 radical (unpaired) electrons. The zero-order valence-electron chi connectivity index (χ0n) is 19.9. The highest BCUT2D eigenvalue weighted by Crippen LogP contribution is 2.29. The number of esters is 1. The van der Waals surface area contributed by atoms with Gasteiger partial charge < -0.3 is 19.4 Å². The molecule has 0 aliphatic carbocycles. The monoisotopic (exact) mass is 452 g/mol. The summed E-state index contributed by atoms with van der Waals surface area (Å²) in [6.07, 6.45) is 2.11. The van der Waals surface area contributed by atoms with Gasteiger partial charge in [0.15, 0.2) is 0 Å². The molecule has 2 aromatic carbocycles. The van der Waals surface area contributed by atoms with Crippen LogP contribution >= 0.6 is 0 Å². The zero-order valence-corrected chi connectivity index (χ0v) is 19.9. The number of carbonyl (C=O) groups is 1. The minimum atomic E-state index is -0.816. The van der Waals surface area contributed by atoms with Crippen LogP contribution in [0.3, 0.4) is 0 Å². The maximum Gasteiger partial charge on any atom is 0.311 e. The molecule has 0 aliphatic rings. The zero-order chi connectivity index (χ0) is 23.8. The molecule has 0 saturated carbocycles. The molecule has 2 unspecified atom stereocenters. The van der Waals surface area contributed by atoms with Crippen LogP contribution in [0.2, 0.25) is 0 Å². The molecule has 0 spiro atoms. The normalized spacial score (nSPS) is 13.7. The number of carbonyl (C=O) groups excluding carboxylic acids is 1. The minimum Gasteiger partial charge on any atom is -0.465 e. The highest BCUT2D eigenvalue weighted by Gasteiger charge is 2.27. The van der Waals surface area contributed by atoms with Crippen LogP contribution in [0.1, 0.15) is 58.4 Å². The van der Waals surface area contributed by atoms with Crippen molar-refractivity contribution in [2.24, 2.45) is 5.41 Å². The second-order valence-electron chi connectivity index (χ2n) is 9.39. The van der Waals surface area contributed by atoms with Gasteiger partial charge in [0, 0.05) is 10.9 Å². The lowest BCUT2D eigenvalue weighted by Crippen LogP contribution is -2.28. The summed E-state index contributed by atoms with van der Waals surface area (Å²) in [7, 11) is 0. The molecule has 3 rings (SSSR count). The molecule has 0 fully saturated rings. The van der Waals surface area contributed by atoms with E-state index in [0.29, 0.717) is 25.7 Å². The van der Waals surface area contributed by atoms with E-state index in [-0.39, 0.29) is 12.6 Å². The summed E-state index contributed by atoms with van der Waals surface area (Å²) in [6.45, 7) is 5.94. The van der Waals surface area contributed by atoms with E-state index in [1.54, 1.807) is 0 Å². The van der Waals surface area contributed by atoms with E-state index in [9.17, 15) is 15.0 Å². The van der Waals surface area contributed by atoms with Gasteiger partial charge in [0.05, 0.1) is 24.2 Å². The Labute approximate surface area is 196 Å². The predicted octanol–water partition coefficient (Wildman–Crippen LogP) is 5.90. The Morgan fingerprint density at radius 2 is 1.70 bits per heavy atom. The highest BCUT2D eigenvalue weighted by molar-refractivity contribution is 5.83. The number of rotatable bonds is 12. The van der Waals surface area contributed by atoms with Crippen molar-refractivity contribution in [2.75, 3.05) is 6.61 Å². The molecular weight excluding hydrogens is 416 g/mol. The Bertz CT molecular complexity index is 1020. The first-order valence-corrected chi connectivity index (χ1v) is 11.9. The summed E-state index contributed by atoms with van der Waals surface area (Å²) in [5.41, 5.74) is 2.56. The van der Waals surface area contributed by atoms with Crippen molar-refractivity contribution in [3.8, 4) is 11.3 Å².